The molecule has 1 aliphatic carbocycles. The van der Waals surface area contributed by atoms with Crippen LogP contribution in [0.1, 0.15) is 69.4 Å². The highest BCUT2D eigenvalue weighted by atomic mass is 19.3. The largest absolute Gasteiger partial charge is 0.288 e. The van der Waals surface area contributed by atoms with Gasteiger partial charge >= 0.3 is 0 Å². The molecule has 0 radical (unpaired) electrons. The van der Waals surface area contributed by atoms with E-state index < -0.39 is 6.10 Å². The first-order chi connectivity index (χ1) is 18.1. The van der Waals surface area contributed by atoms with Gasteiger partial charge in [-0.2, -0.15) is 4.94 Å². The van der Waals surface area contributed by atoms with Crippen LogP contribution in [0.5, 0.6) is 0 Å². The summed E-state index contributed by atoms with van der Waals surface area (Å²) in [7, 11) is 0. The molecule has 0 heterocycles. The van der Waals surface area contributed by atoms with E-state index in [-0.39, 0.29) is 0 Å². The fourth-order valence-corrected chi connectivity index (χ4v) is 4.52. The van der Waals surface area contributed by atoms with Crippen LogP contribution in [0.4, 0.5) is 4.53 Å². The van der Waals surface area contributed by atoms with Gasteiger partial charge in [-0.1, -0.05) is 112 Å². The maximum absolute atomic E-state index is 12.3. The van der Waals surface area contributed by atoms with Gasteiger partial charge in [0.25, 0.3) is 0 Å². The zero-order valence-electron chi connectivity index (χ0n) is 23.5. The quantitative estimate of drug-likeness (QED) is 0.175. The summed E-state index contributed by atoms with van der Waals surface area (Å²) in [5.74, 6) is 0. The number of benzene rings is 3. The van der Waals surface area contributed by atoms with Gasteiger partial charge in [0.1, 0.15) is 6.10 Å². The number of aryl methyl sites for hydroxylation is 1. The van der Waals surface area contributed by atoms with Crippen LogP contribution in [0.25, 0.3) is 16.7 Å². The molecule has 0 saturated carbocycles. The van der Waals surface area contributed by atoms with E-state index in [1.807, 2.05) is 59.0 Å². The second kappa shape index (κ2) is 15.7. The summed E-state index contributed by atoms with van der Waals surface area (Å²) in [5.41, 5.74) is 11.5. The highest BCUT2D eigenvalue weighted by molar-refractivity contribution is 6.09. The molecule has 0 N–H and O–H groups in total. The fourth-order valence-electron chi connectivity index (χ4n) is 4.52. The third-order valence-corrected chi connectivity index (χ3v) is 6.21. The Bertz CT molecular complexity index is 1210. The van der Waals surface area contributed by atoms with Crippen molar-refractivity contribution < 1.29 is 9.47 Å². The third kappa shape index (κ3) is 8.10. The molecule has 3 aromatic carbocycles. The van der Waals surface area contributed by atoms with Gasteiger partial charge in [0.15, 0.2) is 0 Å². The summed E-state index contributed by atoms with van der Waals surface area (Å²) in [6, 6.07) is 23.5. The first kappa shape index (κ1) is 29.9. The molecule has 3 heteroatoms. The molecular formula is C34H42FNO. The molecule has 1 aliphatic rings. The van der Waals surface area contributed by atoms with Crippen LogP contribution >= 0.6 is 0 Å². The molecule has 0 fully saturated rings. The molecule has 0 bridgehead atoms. The zero-order valence-corrected chi connectivity index (χ0v) is 23.5. The summed E-state index contributed by atoms with van der Waals surface area (Å²) in [4.78, 5) is 8.46. The number of hydrogen-bond acceptors (Lipinski definition) is 2. The minimum atomic E-state index is -0.558. The molecular weight excluding hydrogens is 457 g/mol. The smallest absolute Gasteiger partial charge is 0.114 e. The Labute approximate surface area is 223 Å². The molecule has 0 aliphatic heterocycles. The molecule has 1 unspecified atom stereocenters. The van der Waals surface area contributed by atoms with E-state index in [4.69, 9.17) is 0 Å². The van der Waals surface area contributed by atoms with Crippen LogP contribution in [0.2, 0.25) is 0 Å². The van der Waals surface area contributed by atoms with Gasteiger partial charge in [-0.05, 0) is 82.7 Å². The summed E-state index contributed by atoms with van der Waals surface area (Å²) in [6.45, 7) is 14.3. The van der Waals surface area contributed by atoms with E-state index in [0.717, 1.165) is 29.6 Å². The topological polar surface area (TPSA) is 21.6 Å². The molecule has 0 aromatic heterocycles. The van der Waals surface area contributed by atoms with Gasteiger partial charge < -0.3 is 0 Å². The van der Waals surface area contributed by atoms with Crippen molar-refractivity contribution in [3.8, 4) is 11.1 Å². The van der Waals surface area contributed by atoms with Crippen molar-refractivity contribution in [2.24, 2.45) is 4.99 Å². The molecule has 0 amide bonds. The number of nitrogens with zero attached hydrogens (tertiary/aromatic N) is 1. The Morgan fingerprint density at radius 2 is 1.57 bits per heavy atom. The van der Waals surface area contributed by atoms with Crippen LogP contribution in [0.3, 0.4) is 0 Å². The summed E-state index contributed by atoms with van der Waals surface area (Å²) in [5, 5.41) is 0. The first-order valence-electron chi connectivity index (χ1n) is 13.5. The number of rotatable bonds is 8. The van der Waals surface area contributed by atoms with E-state index in [2.05, 4.69) is 71.5 Å². The van der Waals surface area contributed by atoms with E-state index in [9.17, 15) is 4.53 Å². The Morgan fingerprint density at radius 1 is 0.919 bits per heavy atom. The van der Waals surface area contributed by atoms with Crippen molar-refractivity contribution in [2.75, 3.05) is 6.54 Å². The minimum absolute atomic E-state index is 0.507. The standard InChI is InChI=1S/C30H30FNO.2C2H6/c1-21(17-23(3)33-31)19-32-20-26(24-10-5-4-6-11-24)16-15-25-12-8-14-28-27-13-7-9-22(2)29(27)18-30(25)28;2*1-2/h4-14,16-17,20,23H,15,18-19H2,1-3H3;2*1-2H3/b21-17-,26-16+,32-20?;;. The number of aliphatic imine (C=N–C) groups is 1. The normalized spacial score (nSPS) is 13.2. The van der Waals surface area contributed by atoms with Crippen molar-refractivity contribution in [3.63, 3.8) is 0 Å². The van der Waals surface area contributed by atoms with Crippen molar-refractivity contribution in [2.45, 2.75) is 67.4 Å². The average Bonchev–Trinajstić information content (AvgIpc) is 3.34. The minimum Gasteiger partial charge on any atom is -0.288 e. The fraction of sp³-hybridized carbons (Fsp3) is 0.324. The number of allylic oxidation sites excluding steroid dienone is 2. The molecule has 0 spiro atoms. The maximum atomic E-state index is 12.3. The average molecular weight is 500 g/mol. The SMILES string of the molecule is C/C(=C/C(C)OF)CN=C/C(=C\Cc1cccc2c1Cc1c(C)cccc1-2)c1ccccc1.CC.CC. The Morgan fingerprint density at radius 3 is 2.24 bits per heavy atom. The van der Waals surface area contributed by atoms with Gasteiger partial charge in [0.2, 0.25) is 0 Å². The Balaban J connectivity index is 0.00000115. The van der Waals surface area contributed by atoms with Gasteiger partial charge in [-0.3, -0.25) is 4.99 Å². The van der Waals surface area contributed by atoms with Crippen LogP contribution in [-0.2, 0) is 17.8 Å². The predicted octanol–water partition coefficient (Wildman–Crippen LogP) is 9.55. The summed E-state index contributed by atoms with van der Waals surface area (Å²) >= 11 is 0. The van der Waals surface area contributed by atoms with Crippen molar-refractivity contribution in [1.82, 2.24) is 0 Å². The van der Waals surface area contributed by atoms with Crippen molar-refractivity contribution in [1.29, 1.82) is 0 Å². The Kier molecular flexibility index (Phi) is 12.7. The lowest BCUT2D eigenvalue weighted by Gasteiger charge is -2.08. The van der Waals surface area contributed by atoms with E-state index in [1.54, 1.807) is 13.0 Å². The number of halogens is 1. The van der Waals surface area contributed by atoms with Gasteiger partial charge in [-0.15, -0.1) is 0 Å². The number of hydrogen-bond donors (Lipinski definition) is 0. The zero-order chi connectivity index (χ0) is 27.2. The third-order valence-electron chi connectivity index (χ3n) is 6.21. The van der Waals surface area contributed by atoms with Gasteiger partial charge in [0, 0.05) is 6.21 Å². The first-order valence-corrected chi connectivity index (χ1v) is 13.5. The lowest BCUT2D eigenvalue weighted by Crippen LogP contribution is -1.99. The van der Waals surface area contributed by atoms with Crippen LogP contribution < -0.4 is 0 Å². The van der Waals surface area contributed by atoms with Gasteiger partial charge in [-0.25, -0.2) is 0 Å². The molecule has 2 nitrogen and oxygen atoms in total. The number of fused-ring (bicyclic) bond motifs is 3. The second-order valence-corrected chi connectivity index (χ2v) is 8.73. The highest BCUT2D eigenvalue weighted by Gasteiger charge is 2.21. The van der Waals surface area contributed by atoms with Crippen LogP contribution in [0.15, 0.2) is 89.4 Å². The lowest BCUT2D eigenvalue weighted by molar-refractivity contribution is -0.155. The molecule has 0 saturated heterocycles. The van der Waals surface area contributed by atoms with Crippen LogP contribution in [-0.4, -0.2) is 18.9 Å². The highest BCUT2D eigenvalue weighted by Crippen LogP contribution is 2.40. The van der Waals surface area contributed by atoms with E-state index in [0.29, 0.717) is 6.54 Å². The maximum Gasteiger partial charge on any atom is 0.114 e. The molecule has 37 heavy (non-hydrogen) atoms. The second-order valence-electron chi connectivity index (χ2n) is 8.73. The van der Waals surface area contributed by atoms with Crippen LogP contribution in [0, 0.1) is 6.92 Å². The van der Waals surface area contributed by atoms with Crippen molar-refractivity contribution in [3.05, 3.63) is 112 Å². The predicted molar refractivity (Wildman–Crippen MR) is 159 cm³/mol. The molecule has 196 valence electrons. The lowest BCUT2D eigenvalue weighted by atomic mass is 9.97. The monoisotopic (exact) mass is 499 g/mol. The summed E-state index contributed by atoms with van der Waals surface area (Å²) in [6.07, 6.45) is 7.21. The Hall–Kier alpha value is -3.30. The molecule has 1 atom stereocenters. The van der Waals surface area contributed by atoms with E-state index >= 15 is 0 Å². The van der Waals surface area contributed by atoms with Gasteiger partial charge in [0.05, 0.1) is 6.54 Å². The van der Waals surface area contributed by atoms with E-state index in [1.165, 1.54) is 33.4 Å². The molecule has 3 aromatic rings. The summed E-state index contributed by atoms with van der Waals surface area (Å²) < 4.78 is 12.3. The molecule has 4 rings (SSSR count). The van der Waals surface area contributed by atoms with Crippen molar-refractivity contribution >= 4 is 11.8 Å².